The van der Waals surface area contributed by atoms with E-state index in [1.165, 1.54) is 17.8 Å². The van der Waals surface area contributed by atoms with Crippen molar-refractivity contribution in [1.29, 1.82) is 0 Å². The molecule has 0 unspecified atom stereocenters. The minimum atomic E-state index is -3.65. The van der Waals surface area contributed by atoms with Gasteiger partial charge in [0.25, 0.3) is 10.0 Å². The highest BCUT2D eigenvalue weighted by Gasteiger charge is 2.25. The van der Waals surface area contributed by atoms with Crippen molar-refractivity contribution in [2.24, 2.45) is 0 Å². The quantitative estimate of drug-likeness (QED) is 0.620. The number of benzene rings is 1. The van der Waals surface area contributed by atoms with Gasteiger partial charge in [0.05, 0.1) is 16.8 Å². The van der Waals surface area contributed by atoms with E-state index in [1.54, 1.807) is 18.3 Å². The summed E-state index contributed by atoms with van der Waals surface area (Å²) in [7, 11) is -3.65. The molecule has 7 heteroatoms. The van der Waals surface area contributed by atoms with Gasteiger partial charge in [0.2, 0.25) is 0 Å². The Balaban J connectivity index is 1.59. The number of oxazole rings is 1. The Morgan fingerprint density at radius 2 is 1.85 bits per heavy atom. The minimum Gasteiger partial charge on any atom is -0.440 e. The van der Waals surface area contributed by atoms with Crippen LogP contribution in [0.1, 0.15) is 47.8 Å². The summed E-state index contributed by atoms with van der Waals surface area (Å²) in [4.78, 5) is 5.13. The van der Waals surface area contributed by atoms with Gasteiger partial charge in [-0.25, -0.2) is 13.4 Å². The molecule has 3 aromatic rings. The fourth-order valence-electron chi connectivity index (χ4n) is 3.37. The number of anilines is 1. The summed E-state index contributed by atoms with van der Waals surface area (Å²) in [6.07, 6.45) is 5.14. The molecule has 0 saturated heterocycles. The minimum absolute atomic E-state index is 0.262. The first kappa shape index (κ1) is 18.3. The molecular weight excluding hydrogens is 380 g/mol. The third-order valence-electron chi connectivity index (χ3n) is 4.98. The predicted molar refractivity (Wildman–Crippen MR) is 108 cm³/mol. The number of sulfonamides is 1. The van der Waals surface area contributed by atoms with E-state index in [4.69, 9.17) is 4.42 Å². The average Bonchev–Trinajstić information content (AvgIpc) is 3.18. The number of thiophene rings is 1. The molecule has 1 aromatic carbocycles. The molecule has 1 N–H and O–H groups in total. The van der Waals surface area contributed by atoms with E-state index in [2.05, 4.69) is 9.71 Å². The van der Waals surface area contributed by atoms with Gasteiger partial charge in [0, 0.05) is 5.92 Å². The molecule has 0 bridgehead atoms. The molecule has 0 spiro atoms. The monoisotopic (exact) mass is 402 g/mol. The van der Waals surface area contributed by atoms with Crippen molar-refractivity contribution in [3.8, 4) is 10.6 Å². The van der Waals surface area contributed by atoms with E-state index in [1.807, 2.05) is 32.9 Å². The lowest BCUT2D eigenvalue weighted by Gasteiger charge is -2.21. The smallest absolute Gasteiger partial charge is 0.271 e. The van der Waals surface area contributed by atoms with Gasteiger partial charge in [-0.2, -0.15) is 0 Å². The van der Waals surface area contributed by atoms with Crippen molar-refractivity contribution >= 4 is 27.0 Å². The molecule has 142 valence electrons. The zero-order valence-electron chi connectivity index (χ0n) is 15.6. The van der Waals surface area contributed by atoms with Crippen molar-refractivity contribution in [3.05, 3.63) is 53.0 Å². The molecule has 0 atom stereocenters. The normalized spacial score (nSPS) is 14.9. The van der Waals surface area contributed by atoms with Gasteiger partial charge < -0.3 is 4.42 Å². The van der Waals surface area contributed by atoms with Crippen LogP contribution in [0.2, 0.25) is 0 Å². The van der Waals surface area contributed by atoms with Gasteiger partial charge in [-0.3, -0.25) is 4.72 Å². The Morgan fingerprint density at radius 1 is 1.15 bits per heavy atom. The molecule has 2 heterocycles. The maximum atomic E-state index is 12.9. The van der Waals surface area contributed by atoms with Crippen LogP contribution < -0.4 is 4.72 Å². The molecule has 1 aliphatic rings. The lowest BCUT2D eigenvalue weighted by Crippen LogP contribution is -2.13. The summed E-state index contributed by atoms with van der Waals surface area (Å²) in [6.45, 7) is 5.82. The van der Waals surface area contributed by atoms with E-state index in [9.17, 15) is 8.42 Å². The van der Waals surface area contributed by atoms with E-state index in [0.717, 1.165) is 40.3 Å². The maximum absolute atomic E-state index is 12.9. The van der Waals surface area contributed by atoms with Gasteiger partial charge in [-0.15, -0.1) is 11.3 Å². The van der Waals surface area contributed by atoms with Crippen LogP contribution in [0.25, 0.3) is 10.6 Å². The van der Waals surface area contributed by atoms with Gasteiger partial charge >= 0.3 is 0 Å². The van der Waals surface area contributed by atoms with Gasteiger partial charge in [0.15, 0.2) is 11.7 Å². The number of aromatic nitrogens is 1. The van der Waals surface area contributed by atoms with Crippen molar-refractivity contribution in [1.82, 2.24) is 4.98 Å². The van der Waals surface area contributed by atoms with Crippen LogP contribution in [0.15, 0.2) is 39.1 Å². The standard InChI is InChI=1S/C20H22N2O3S2/c1-12-9-13(2)19(14(3)10-12)22-27(23,24)18-8-7-17(26-18)16-11-21-20(25-16)15-5-4-6-15/h7-11,15,22H,4-6H2,1-3H3. The Kier molecular flexibility index (Phi) is 4.60. The van der Waals surface area contributed by atoms with Crippen LogP contribution in [0, 0.1) is 20.8 Å². The molecule has 27 heavy (non-hydrogen) atoms. The second kappa shape index (κ2) is 6.80. The second-order valence-electron chi connectivity index (χ2n) is 7.19. The molecule has 0 aliphatic heterocycles. The van der Waals surface area contributed by atoms with Gasteiger partial charge in [-0.1, -0.05) is 24.1 Å². The number of rotatable bonds is 5. The highest BCUT2D eigenvalue weighted by Crippen LogP contribution is 2.39. The van der Waals surface area contributed by atoms with Crippen molar-refractivity contribution in [2.45, 2.75) is 50.2 Å². The van der Waals surface area contributed by atoms with E-state index < -0.39 is 10.0 Å². The molecule has 1 fully saturated rings. The molecule has 4 rings (SSSR count). The Morgan fingerprint density at radius 3 is 2.48 bits per heavy atom. The number of nitrogens with one attached hydrogen (secondary N) is 1. The van der Waals surface area contributed by atoms with Crippen LogP contribution in [0.4, 0.5) is 5.69 Å². The summed E-state index contributed by atoms with van der Waals surface area (Å²) in [6, 6.07) is 7.34. The number of hydrogen-bond donors (Lipinski definition) is 1. The average molecular weight is 403 g/mol. The first-order valence-electron chi connectivity index (χ1n) is 9.00. The predicted octanol–water partition coefficient (Wildman–Crippen LogP) is 5.40. The first-order chi connectivity index (χ1) is 12.8. The van der Waals surface area contributed by atoms with Gasteiger partial charge in [-0.05, 0) is 56.9 Å². The third kappa shape index (κ3) is 3.53. The topological polar surface area (TPSA) is 72.2 Å². The van der Waals surface area contributed by atoms with Crippen LogP contribution in [0.5, 0.6) is 0 Å². The van der Waals surface area contributed by atoms with Crippen LogP contribution in [-0.4, -0.2) is 13.4 Å². The van der Waals surface area contributed by atoms with Crippen molar-refractivity contribution in [2.75, 3.05) is 4.72 Å². The zero-order chi connectivity index (χ0) is 19.2. The van der Waals surface area contributed by atoms with Crippen molar-refractivity contribution < 1.29 is 12.8 Å². The Hall–Kier alpha value is -2.12. The first-order valence-corrected chi connectivity index (χ1v) is 11.3. The Labute approximate surface area is 163 Å². The molecule has 1 aliphatic carbocycles. The van der Waals surface area contributed by atoms with E-state index >= 15 is 0 Å². The molecule has 0 amide bonds. The summed E-state index contributed by atoms with van der Waals surface area (Å²) in [5, 5.41) is 0. The Bertz CT molecular complexity index is 1070. The fourth-order valence-corrected chi connectivity index (χ4v) is 5.82. The third-order valence-corrected chi connectivity index (χ3v) is 7.92. The summed E-state index contributed by atoms with van der Waals surface area (Å²) < 4.78 is 34.6. The maximum Gasteiger partial charge on any atom is 0.271 e. The molecule has 1 saturated carbocycles. The summed E-state index contributed by atoms with van der Waals surface area (Å²) >= 11 is 1.19. The van der Waals surface area contributed by atoms with Crippen LogP contribution >= 0.6 is 11.3 Å². The van der Waals surface area contributed by atoms with Crippen LogP contribution in [0.3, 0.4) is 0 Å². The lowest BCUT2D eigenvalue weighted by atomic mass is 9.85. The fraction of sp³-hybridized carbons (Fsp3) is 0.350. The molecule has 0 radical (unpaired) electrons. The molecule has 2 aromatic heterocycles. The SMILES string of the molecule is Cc1cc(C)c(NS(=O)(=O)c2ccc(-c3cnc(C4CCC4)o3)s2)c(C)c1. The van der Waals surface area contributed by atoms with Gasteiger partial charge in [0.1, 0.15) is 4.21 Å². The summed E-state index contributed by atoms with van der Waals surface area (Å²) in [5.74, 6) is 1.81. The highest BCUT2D eigenvalue weighted by molar-refractivity contribution is 7.94. The van der Waals surface area contributed by atoms with E-state index in [0.29, 0.717) is 17.4 Å². The second-order valence-corrected chi connectivity index (χ2v) is 10.2. The van der Waals surface area contributed by atoms with E-state index in [-0.39, 0.29) is 4.21 Å². The lowest BCUT2D eigenvalue weighted by molar-refractivity contribution is 0.338. The summed E-state index contributed by atoms with van der Waals surface area (Å²) in [5.41, 5.74) is 3.57. The number of aryl methyl sites for hydroxylation is 3. The highest BCUT2D eigenvalue weighted by atomic mass is 32.2. The van der Waals surface area contributed by atoms with Crippen molar-refractivity contribution in [3.63, 3.8) is 0 Å². The molecular formula is C20H22N2O3S2. The molecule has 5 nitrogen and oxygen atoms in total. The zero-order valence-corrected chi connectivity index (χ0v) is 17.2. The van der Waals surface area contributed by atoms with Crippen LogP contribution in [-0.2, 0) is 10.0 Å². The number of hydrogen-bond acceptors (Lipinski definition) is 5. The largest absolute Gasteiger partial charge is 0.440 e. The number of nitrogens with zero attached hydrogens (tertiary/aromatic N) is 1.